The Hall–Kier alpha value is -6.52. The fourth-order valence-corrected chi connectivity index (χ4v) is 11.6. The molecule has 1 unspecified atom stereocenters. The van der Waals surface area contributed by atoms with Gasteiger partial charge < -0.3 is 60.3 Å². The maximum absolute atomic E-state index is 15.4. The van der Waals surface area contributed by atoms with E-state index >= 15 is 19.2 Å². The number of hydrogen-bond donors (Lipinski definition) is 4. The highest BCUT2D eigenvalue weighted by atomic mass is 32.2. The molecule has 1 aliphatic heterocycles. The van der Waals surface area contributed by atoms with Crippen molar-refractivity contribution in [3.63, 3.8) is 0 Å². The van der Waals surface area contributed by atoms with E-state index in [0.29, 0.717) is 0 Å². The maximum Gasteiger partial charge on any atom is 0.303 e. The highest BCUT2D eigenvalue weighted by Gasteiger charge is 2.47. The molecule has 26 heteroatoms. The number of nitrogens with zero attached hydrogens (tertiary/aromatic N) is 8. The van der Waals surface area contributed by atoms with Crippen molar-refractivity contribution in [3.8, 4) is 5.40 Å². The van der Waals surface area contributed by atoms with Crippen LogP contribution in [0, 0.1) is 52.1 Å². The third-order valence-corrected chi connectivity index (χ3v) is 16.9. The average Bonchev–Trinajstić information content (AvgIpc) is 0.955. The number of carbonyl (C=O) groups excluding carboxylic acids is 12. The summed E-state index contributed by atoms with van der Waals surface area (Å²) in [7, 11) is 9.77. The molecule has 4 N–H and O–H groups in total. The van der Waals surface area contributed by atoms with Gasteiger partial charge in [-0.1, -0.05) is 96.9 Å². The highest BCUT2D eigenvalue weighted by molar-refractivity contribution is 8.03. The number of amides is 11. The number of carbonyl (C=O) groups is 12. The zero-order valence-corrected chi connectivity index (χ0v) is 58.7. The smallest absolute Gasteiger partial charge is 0.303 e. The first-order valence-electron chi connectivity index (χ1n) is 31.3. The number of esters is 1. The molecule has 1 aliphatic rings. The summed E-state index contributed by atoms with van der Waals surface area (Å²) in [6.07, 6.45) is -0.667. The highest BCUT2D eigenvalue weighted by Crippen LogP contribution is 2.27. The standard InChI is InChI=1S/C63H110N12O13S/c1-25-44-59(83)69(18)32-49(77)70(19)45(28-34(2)3)56(80)68-50(38(10)11)62(86)71(20)46(29-35(4)5)55(79)65-41(15)54(78)66-42(16)58(82)72(21)47(30-36(6)7)60(84)73(22)48(31-37(8)9)61(85)74(23)51(39(12)13)63(87)75(24)52(57(81)67-44)53(88-43(17)76)40(14)26-27-89-33-64/h34-42,44-48,50-53H,25-32H2,1-24H3,(H,65,79)(H,66,78)(H,67,81)(H,68,80)/t40-,41+,42-,44+,45+,46+,47+,48+,50+,51+,52?,53-/m1/s1. The number of thiocyanates is 1. The van der Waals surface area contributed by atoms with Gasteiger partial charge in [-0.3, -0.25) is 57.5 Å². The molecule has 0 saturated carbocycles. The van der Waals surface area contributed by atoms with Gasteiger partial charge in [-0.2, -0.15) is 5.26 Å². The molecule has 89 heavy (non-hydrogen) atoms. The van der Waals surface area contributed by atoms with E-state index in [1.165, 1.54) is 87.7 Å². The predicted molar refractivity (Wildman–Crippen MR) is 341 cm³/mol. The van der Waals surface area contributed by atoms with Crippen LogP contribution in [0.25, 0.3) is 0 Å². The molecule has 1 saturated heterocycles. The molecule has 0 aromatic heterocycles. The second-order valence-corrected chi connectivity index (χ2v) is 27.5. The van der Waals surface area contributed by atoms with Gasteiger partial charge in [0.15, 0.2) is 0 Å². The van der Waals surface area contributed by atoms with Crippen LogP contribution < -0.4 is 21.3 Å². The second-order valence-electron chi connectivity index (χ2n) is 26.6. The van der Waals surface area contributed by atoms with E-state index in [1.807, 2.05) is 60.8 Å². The molecule has 0 aromatic rings. The summed E-state index contributed by atoms with van der Waals surface area (Å²) in [5, 5.41) is 22.4. The van der Waals surface area contributed by atoms with Crippen LogP contribution in [0.3, 0.4) is 0 Å². The molecule has 506 valence electrons. The summed E-state index contributed by atoms with van der Waals surface area (Å²) in [4.78, 5) is 183. The molecule has 11 amide bonds. The monoisotopic (exact) mass is 1270 g/mol. The SMILES string of the molecule is CC[C@@H]1NC(=O)C([C@H](OC(C)=O)[C@H](C)CCSC#N)N(C)C(=O)[C@H](C(C)C)N(C)C(=O)[C@H](CC(C)C)N(C)C(=O)[C@H](CC(C)C)N(C)C(=O)[C@@H](C)NC(=O)[C@H](C)NC(=O)[C@H](CC(C)C)N(C)C(=O)[C@H](C(C)C)NC(=O)[C@H](CC(C)C)N(C)C(=O)CN(C)C1=O. The van der Waals surface area contributed by atoms with Crippen molar-refractivity contribution in [2.24, 2.45) is 41.4 Å². The summed E-state index contributed by atoms with van der Waals surface area (Å²) in [5.74, 6) is -10.9. The number of likely N-dealkylation sites (N-methyl/N-ethyl adjacent to an activating group) is 7. The van der Waals surface area contributed by atoms with E-state index in [1.54, 1.807) is 41.5 Å². The van der Waals surface area contributed by atoms with Crippen LogP contribution in [0.2, 0.25) is 0 Å². The number of nitriles is 1. The lowest BCUT2D eigenvalue weighted by Gasteiger charge is -2.42. The van der Waals surface area contributed by atoms with Crippen LogP contribution in [0.5, 0.6) is 0 Å². The Morgan fingerprint density at radius 3 is 1.39 bits per heavy atom. The zero-order valence-electron chi connectivity index (χ0n) is 57.8. The molecule has 1 heterocycles. The van der Waals surface area contributed by atoms with Crippen molar-refractivity contribution >= 4 is 82.7 Å². The molecular weight excluding hydrogens is 1160 g/mol. The van der Waals surface area contributed by atoms with Crippen molar-refractivity contribution in [3.05, 3.63) is 0 Å². The molecular formula is C63H110N12O13S. The molecule has 12 atom stereocenters. The maximum atomic E-state index is 15.4. The first kappa shape index (κ1) is 80.5. The van der Waals surface area contributed by atoms with E-state index in [-0.39, 0.29) is 67.9 Å². The third kappa shape index (κ3) is 23.3. The van der Waals surface area contributed by atoms with Crippen LogP contribution in [0.4, 0.5) is 0 Å². The van der Waals surface area contributed by atoms with E-state index in [4.69, 9.17) is 4.74 Å². The lowest BCUT2D eigenvalue weighted by Crippen LogP contribution is -2.64. The van der Waals surface area contributed by atoms with Crippen molar-refractivity contribution in [1.29, 1.82) is 5.26 Å². The van der Waals surface area contributed by atoms with Gasteiger partial charge in [0.1, 0.15) is 71.9 Å². The van der Waals surface area contributed by atoms with E-state index in [9.17, 15) is 43.6 Å². The van der Waals surface area contributed by atoms with Crippen molar-refractivity contribution < 1.29 is 62.3 Å². The lowest BCUT2D eigenvalue weighted by atomic mass is 9.91. The molecule has 0 radical (unpaired) electrons. The Kier molecular flexibility index (Phi) is 33.4. The molecule has 25 nitrogen and oxygen atoms in total. The molecule has 0 aromatic carbocycles. The molecule has 0 spiro atoms. The van der Waals surface area contributed by atoms with Gasteiger partial charge in [0.25, 0.3) is 0 Å². The quantitative estimate of drug-likeness (QED) is 0.0921. The minimum absolute atomic E-state index is 0.0303. The summed E-state index contributed by atoms with van der Waals surface area (Å²) in [6.45, 7) is 28.4. The Morgan fingerprint density at radius 1 is 0.517 bits per heavy atom. The summed E-state index contributed by atoms with van der Waals surface area (Å²) in [5.41, 5.74) is 0. The predicted octanol–water partition coefficient (Wildman–Crippen LogP) is 3.48. The Morgan fingerprint density at radius 2 is 0.944 bits per heavy atom. The number of rotatable bonds is 17. The molecule has 0 bridgehead atoms. The first-order chi connectivity index (χ1) is 41.1. The Bertz CT molecular complexity index is 2510. The normalized spacial score (nSPS) is 25.9. The summed E-state index contributed by atoms with van der Waals surface area (Å²) in [6, 6.07) is -12.7. The molecule has 1 fully saturated rings. The minimum Gasteiger partial charge on any atom is -0.460 e. The zero-order chi connectivity index (χ0) is 69.0. The average molecular weight is 1280 g/mol. The Balaban J connectivity index is 4.44. The second kappa shape index (κ2) is 37.0. The minimum atomic E-state index is -1.66. The lowest BCUT2D eigenvalue weighted by molar-refractivity contribution is -0.164. The Labute approximate surface area is 534 Å². The van der Waals surface area contributed by atoms with Gasteiger partial charge in [-0.25, -0.2) is 0 Å². The van der Waals surface area contributed by atoms with Crippen LogP contribution >= 0.6 is 11.8 Å². The largest absolute Gasteiger partial charge is 0.460 e. The first-order valence-corrected chi connectivity index (χ1v) is 32.3. The van der Waals surface area contributed by atoms with E-state index in [2.05, 4.69) is 21.3 Å². The van der Waals surface area contributed by atoms with Crippen LogP contribution in [0.15, 0.2) is 0 Å². The molecule has 0 aliphatic carbocycles. The van der Waals surface area contributed by atoms with Gasteiger partial charge in [-0.15, -0.1) is 0 Å². The fourth-order valence-electron chi connectivity index (χ4n) is 11.0. The topological polar surface area (TPSA) is 309 Å². The van der Waals surface area contributed by atoms with Gasteiger partial charge >= 0.3 is 5.97 Å². The van der Waals surface area contributed by atoms with Crippen molar-refractivity contribution in [2.75, 3.05) is 61.6 Å². The van der Waals surface area contributed by atoms with Gasteiger partial charge in [0, 0.05) is 62.0 Å². The van der Waals surface area contributed by atoms with Crippen molar-refractivity contribution in [2.45, 2.75) is 223 Å². The number of hydrogen-bond acceptors (Lipinski definition) is 15. The van der Waals surface area contributed by atoms with Gasteiger partial charge in [0.05, 0.1) is 6.54 Å². The van der Waals surface area contributed by atoms with Crippen molar-refractivity contribution in [1.82, 2.24) is 55.6 Å². The number of nitrogens with one attached hydrogen (secondary N) is 4. The number of ether oxygens (including phenoxy) is 1. The summed E-state index contributed by atoms with van der Waals surface area (Å²) < 4.78 is 5.90. The van der Waals surface area contributed by atoms with E-state index in [0.717, 1.165) is 28.5 Å². The van der Waals surface area contributed by atoms with Crippen LogP contribution in [-0.4, -0.2) is 233 Å². The van der Waals surface area contributed by atoms with Crippen LogP contribution in [-0.2, 0) is 62.3 Å². The van der Waals surface area contributed by atoms with Gasteiger partial charge in [-0.05, 0) is 106 Å². The van der Waals surface area contributed by atoms with Crippen LogP contribution in [0.1, 0.15) is 156 Å². The fraction of sp³-hybridized carbons (Fsp3) is 0.794. The molecule has 1 rings (SSSR count). The van der Waals surface area contributed by atoms with E-state index < -0.39 is 162 Å². The number of thioether (sulfide) groups is 1. The third-order valence-electron chi connectivity index (χ3n) is 16.3. The summed E-state index contributed by atoms with van der Waals surface area (Å²) >= 11 is 0.936. The van der Waals surface area contributed by atoms with Gasteiger partial charge in [0.2, 0.25) is 65.0 Å².